The minimum absolute atomic E-state index is 0.0569. The van der Waals surface area contributed by atoms with Crippen molar-refractivity contribution in [2.24, 2.45) is 5.73 Å². The summed E-state index contributed by atoms with van der Waals surface area (Å²) in [5, 5.41) is 5.95. The highest BCUT2D eigenvalue weighted by atomic mass is 32.1. The van der Waals surface area contributed by atoms with E-state index in [2.05, 4.69) is 10.6 Å². The number of rotatable bonds is 6. The smallest absolute Gasteiger partial charge is 0.221 e. The van der Waals surface area contributed by atoms with Crippen molar-refractivity contribution < 1.29 is 4.79 Å². The predicted molar refractivity (Wildman–Crippen MR) is 78.9 cm³/mol. The molecule has 4 N–H and O–H groups in total. The number of hydrogen-bond acceptors (Lipinski definition) is 3. The number of carbonyl (C=O) groups is 1. The van der Waals surface area contributed by atoms with E-state index < -0.39 is 0 Å². The molecule has 1 amide bonds. The van der Waals surface area contributed by atoms with Gasteiger partial charge in [-0.15, -0.1) is 0 Å². The first-order valence-corrected chi connectivity index (χ1v) is 6.36. The van der Waals surface area contributed by atoms with E-state index in [4.69, 9.17) is 18.0 Å². The van der Waals surface area contributed by atoms with Crippen LogP contribution in [-0.2, 0) is 4.79 Å². The molecule has 0 unspecified atom stereocenters. The molecule has 0 aliphatic carbocycles. The molecule has 0 atom stereocenters. The van der Waals surface area contributed by atoms with Gasteiger partial charge in [-0.1, -0.05) is 12.2 Å². The molecule has 0 aliphatic rings. The lowest BCUT2D eigenvalue weighted by atomic mass is 10.1. The van der Waals surface area contributed by atoms with Gasteiger partial charge >= 0.3 is 0 Å². The molecule has 1 aromatic carbocycles. The van der Waals surface area contributed by atoms with E-state index in [1.807, 2.05) is 32.0 Å². The van der Waals surface area contributed by atoms with Gasteiger partial charge in [0.15, 0.2) is 0 Å². The summed E-state index contributed by atoms with van der Waals surface area (Å²) in [5.41, 5.74) is 8.49. The Labute approximate surface area is 113 Å². The zero-order valence-corrected chi connectivity index (χ0v) is 11.6. The maximum atomic E-state index is 11.3. The number of benzene rings is 1. The van der Waals surface area contributed by atoms with E-state index in [1.165, 1.54) is 0 Å². The molecule has 0 radical (unpaired) electrons. The number of anilines is 1. The Kier molecular flexibility index (Phi) is 5.58. The van der Waals surface area contributed by atoms with Crippen LogP contribution in [0.15, 0.2) is 18.2 Å². The number of aryl methyl sites for hydroxylation is 1. The molecule has 0 heterocycles. The Morgan fingerprint density at radius 2 is 2.17 bits per heavy atom. The van der Waals surface area contributed by atoms with Crippen LogP contribution in [0.5, 0.6) is 0 Å². The fourth-order valence-electron chi connectivity index (χ4n) is 1.66. The zero-order chi connectivity index (χ0) is 13.5. The molecule has 0 spiro atoms. The van der Waals surface area contributed by atoms with Crippen molar-refractivity contribution in [2.45, 2.75) is 20.3 Å². The molecule has 0 bridgehead atoms. The molecule has 4 nitrogen and oxygen atoms in total. The largest absolute Gasteiger partial charge is 0.389 e. The van der Waals surface area contributed by atoms with Crippen molar-refractivity contribution in [1.82, 2.24) is 5.32 Å². The van der Waals surface area contributed by atoms with Crippen molar-refractivity contribution in [2.75, 3.05) is 18.4 Å². The zero-order valence-electron chi connectivity index (χ0n) is 10.7. The van der Waals surface area contributed by atoms with Gasteiger partial charge in [0.05, 0.1) is 0 Å². The SMILES string of the molecule is CCNC(=O)CCNc1ccc(C(N)=S)c(C)c1. The van der Waals surface area contributed by atoms with Gasteiger partial charge in [-0.3, -0.25) is 4.79 Å². The maximum Gasteiger partial charge on any atom is 0.221 e. The highest BCUT2D eigenvalue weighted by Gasteiger charge is 2.03. The average molecular weight is 265 g/mol. The topological polar surface area (TPSA) is 67.2 Å². The minimum atomic E-state index is 0.0569. The fourth-order valence-corrected chi connectivity index (χ4v) is 1.89. The van der Waals surface area contributed by atoms with Gasteiger partial charge in [0.25, 0.3) is 0 Å². The molecule has 0 saturated heterocycles. The highest BCUT2D eigenvalue weighted by molar-refractivity contribution is 7.80. The van der Waals surface area contributed by atoms with Crippen LogP contribution in [0.4, 0.5) is 5.69 Å². The van der Waals surface area contributed by atoms with Crippen LogP contribution in [-0.4, -0.2) is 24.0 Å². The van der Waals surface area contributed by atoms with Gasteiger partial charge in [-0.05, 0) is 37.6 Å². The molecule has 98 valence electrons. The van der Waals surface area contributed by atoms with Crippen LogP contribution in [0, 0.1) is 6.92 Å². The predicted octanol–water partition coefficient (Wildman–Crippen LogP) is 1.57. The van der Waals surface area contributed by atoms with Crippen molar-refractivity contribution in [3.63, 3.8) is 0 Å². The van der Waals surface area contributed by atoms with E-state index in [0.29, 0.717) is 24.5 Å². The van der Waals surface area contributed by atoms with Crippen LogP contribution in [0.1, 0.15) is 24.5 Å². The quantitative estimate of drug-likeness (QED) is 0.683. The molecule has 1 aromatic rings. The Bertz CT molecular complexity index is 446. The Morgan fingerprint density at radius 3 is 2.72 bits per heavy atom. The third kappa shape index (κ3) is 4.33. The second kappa shape index (κ2) is 6.96. The third-order valence-corrected chi connectivity index (χ3v) is 2.77. The molecule has 18 heavy (non-hydrogen) atoms. The number of carbonyl (C=O) groups excluding carboxylic acids is 1. The van der Waals surface area contributed by atoms with Gasteiger partial charge in [0, 0.05) is 30.8 Å². The van der Waals surface area contributed by atoms with E-state index in [9.17, 15) is 4.79 Å². The second-order valence-electron chi connectivity index (χ2n) is 4.02. The van der Waals surface area contributed by atoms with Crippen LogP contribution in [0.25, 0.3) is 0 Å². The van der Waals surface area contributed by atoms with Crippen molar-refractivity contribution in [3.8, 4) is 0 Å². The fraction of sp³-hybridized carbons (Fsp3) is 0.385. The van der Waals surface area contributed by atoms with Crippen LogP contribution in [0.2, 0.25) is 0 Å². The van der Waals surface area contributed by atoms with E-state index in [0.717, 1.165) is 16.8 Å². The monoisotopic (exact) mass is 265 g/mol. The maximum absolute atomic E-state index is 11.3. The van der Waals surface area contributed by atoms with Crippen molar-refractivity contribution in [1.29, 1.82) is 0 Å². The number of hydrogen-bond donors (Lipinski definition) is 3. The summed E-state index contributed by atoms with van der Waals surface area (Å²) < 4.78 is 0. The number of amides is 1. The van der Waals surface area contributed by atoms with Crippen LogP contribution >= 0.6 is 12.2 Å². The first-order valence-electron chi connectivity index (χ1n) is 5.95. The molecule has 5 heteroatoms. The van der Waals surface area contributed by atoms with E-state index in [1.54, 1.807) is 0 Å². The van der Waals surface area contributed by atoms with Crippen LogP contribution in [0.3, 0.4) is 0 Å². The van der Waals surface area contributed by atoms with E-state index >= 15 is 0 Å². The van der Waals surface area contributed by atoms with Gasteiger partial charge in [-0.25, -0.2) is 0 Å². The summed E-state index contributed by atoms with van der Waals surface area (Å²) in [6.45, 7) is 5.14. The first kappa shape index (κ1) is 14.4. The molecule has 0 fully saturated rings. The normalized spacial score (nSPS) is 9.89. The van der Waals surface area contributed by atoms with Gasteiger partial charge < -0.3 is 16.4 Å². The summed E-state index contributed by atoms with van der Waals surface area (Å²) >= 11 is 4.95. The lowest BCUT2D eigenvalue weighted by molar-refractivity contribution is -0.120. The lowest BCUT2D eigenvalue weighted by Gasteiger charge is -2.09. The summed E-state index contributed by atoms with van der Waals surface area (Å²) in [7, 11) is 0. The number of nitrogens with one attached hydrogen (secondary N) is 2. The second-order valence-corrected chi connectivity index (χ2v) is 4.46. The molecule has 1 rings (SSSR count). The van der Waals surface area contributed by atoms with Gasteiger partial charge in [0.2, 0.25) is 5.91 Å². The highest BCUT2D eigenvalue weighted by Crippen LogP contribution is 2.15. The van der Waals surface area contributed by atoms with Crippen molar-refractivity contribution >= 4 is 28.8 Å². The number of thiocarbonyl (C=S) groups is 1. The molecule has 0 saturated carbocycles. The summed E-state index contributed by atoms with van der Waals surface area (Å²) in [5.74, 6) is 0.0569. The Morgan fingerprint density at radius 1 is 1.44 bits per heavy atom. The molecule has 0 aliphatic heterocycles. The van der Waals surface area contributed by atoms with Gasteiger partial charge in [-0.2, -0.15) is 0 Å². The van der Waals surface area contributed by atoms with Crippen molar-refractivity contribution in [3.05, 3.63) is 29.3 Å². The Balaban J connectivity index is 2.51. The minimum Gasteiger partial charge on any atom is -0.389 e. The van der Waals surface area contributed by atoms with Gasteiger partial charge in [0.1, 0.15) is 4.99 Å². The summed E-state index contributed by atoms with van der Waals surface area (Å²) in [6, 6.07) is 5.79. The lowest BCUT2D eigenvalue weighted by Crippen LogP contribution is -2.24. The first-order chi connectivity index (χ1) is 8.54. The molecular weight excluding hydrogens is 246 g/mol. The third-order valence-electron chi connectivity index (χ3n) is 2.55. The standard InChI is InChI=1S/C13H19N3OS/c1-3-15-12(17)6-7-16-10-4-5-11(13(14)18)9(2)8-10/h4-5,8,16H,3,6-7H2,1-2H3,(H2,14,18)(H,15,17). The van der Waals surface area contributed by atoms with Crippen LogP contribution < -0.4 is 16.4 Å². The summed E-state index contributed by atoms with van der Waals surface area (Å²) in [4.78, 5) is 11.7. The molecule has 0 aromatic heterocycles. The van der Waals surface area contributed by atoms with E-state index in [-0.39, 0.29) is 5.91 Å². The average Bonchev–Trinajstić information content (AvgIpc) is 2.29. The Hall–Kier alpha value is -1.62. The number of nitrogens with two attached hydrogens (primary N) is 1. The summed E-state index contributed by atoms with van der Waals surface area (Å²) in [6.07, 6.45) is 0.462. The molecular formula is C13H19N3OS.